The molecule has 3 rings (SSSR count). The van der Waals surface area contributed by atoms with Gasteiger partial charge in [-0.3, -0.25) is 4.90 Å². The van der Waals surface area contributed by atoms with Gasteiger partial charge in [0.15, 0.2) is 0 Å². The molecular formula is C18H28N2. The summed E-state index contributed by atoms with van der Waals surface area (Å²) >= 11 is 0. The van der Waals surface area contributed by atoms with E-state index in [4.69, 9.17) is 5.73 Å². The zero-order chi connectivity index (χ0) is 13.9. The Labute approximate surface area is 123 Å². The average Bonchev–Trinajstić information content (AvgIpc) is 2.97. The number of hydrogen-bond donors (Lipinski definition) is 1. The molecule has 2 N–H and O–H groups in total. The Kier molecular flexibility index (Phi) is 4.42. The van der Waals surface area contributed by atoms with Crippen molar-refractivity contribution in [2.75, 3.05) is 13.1 Å². The van der Waals surface area contributed by atoms with E-state index in [1.165, 1.54) is 49.8 Å². The molecule has 0 bridgehead atoms. The maximum absolute atomic E-state index is 6.46. The second-order valence-electron chi connectivity index (χ2n) is 6.60. The van der Waals surface area contributed by atoms with E-state index in [0.717, 1.165) is 24.9 Å². The normalized spacial score (nSPS) is 28.3. The van der Waals surface area contributed by atoms with Gasteiger partial charge in [-0.2, -0.15) is 0 Å². The third-order valence-corrected chi connectivity index (χ3v) is 5.36. The van der Waals surface area contributed by atoms with Gasteiger partial charge in [0.25, 0.3) is 0 Å². The molecule has 3 unspecified atom stereocenters. The van der Waals surface area contributed by atoms with E-state index >= 15 is 0 Å². The average molecular weight is 272 g/mol. The molecular weight excluding hydrogens is 244 g/mol. The Balaban J connectivity index is 1.63. The number of fused-ring (bicyclic) bond motifs is 1. The topological polar surface area (TPSA) is 29.3 Å². The van der Waals surface area contributed by atoms with Crippen molar-refractivity contribution in [1.29, 1.82) is 0 Å². The molecule has 0 spiro atoms. The van der Waals surface area contributed by atoms with Gasteiger partial charge in [0.2, 0.25) is 0 Å². The molecule has 1 aliphatic carbocycles. The van der Waals surface area contributed by atoms with Crippen LogP contribution < -0.4 is 5.73 Å². The van der Waals surface area contributed by atoms with Crippen LogP contribution in [-0.4, -0.2) is 24.0 Å². The lowest BCUT2D eigenvalue weighted by molar-refractivity contribution is 0.106. The number of hydrogen-bond acceptors (Lipinski definition) is 2. The lowest BCUT2D eigenvalue weighted by Gasteiger charge is -2.39. The molecule has 110 valence electrons. The molecule has 1 aliphatic heterocycles. The highest BCUT2D eigenvalue weighted by Crippen LogP contribution is 2.37. The first kappa shape index (κ1) is 14.1. The van der Waals surface area contributed by atoms with Gasteiger partial charge in [0.1, 0.15) is 0 Å². The Morgan fingerprint density at radius 2 is 1.90 bits per heavy atom. The van der Waals surface area contributed by atoms with E-state index in [9.17, 15) is 0 Å². The molecule has 1 saturated carbocycles. The standard InChI is InChI=1S/C18H28N2/c1-2-14-8-10-15(11-9-14)17(19)13-20-12-4-6-16-5-3-7-18(16)20/h8-11,16-18H,2-7,12-13,19H2,1H3. The number of nitrogens with zero attached hydrogens (tertiary/aromatic N) is 1. The van der Waals surface area contributed by atoms with Crippen molar-refractivity contribution in [2.45, 2.75) is 57.5 Å². The zero-order valence-electron chi connectivity index (χ0n) is 12.7. The van der Waals surface area contributed by atoms with Crippen molar-refractivity contribution >= 4 is 0 Å². The summed E-state index contributed by atoms with van der Waals surface area (Å²) in [4.78, 5) is 2.68. The van der Waals surface area contributed by atoms with Crippen LogP contribution in [0.15, 0.2) is 24.3 Å². The van der Waals surface area contributed by atoms with Gasteiger partial charge in [-0.25, -0.2) is 0 Å². The van der Waals surface area contributed by atoms with Crippen LogP contribution >= 0.6 is 0 Å². The molecule has 0 aromatic heterocycles. The van der Waals surface area contributed by atoms with Crippen molar-refractivity contribution in [3.05, 3.63) is 35.4 Å². The highest BCUT2D eigenvalue weighted by Gasteiger charge is 2.35. The maximum atomic E-state index is 6.46. The third-order valence-electron chi connectivity index (χ3n) is 5.36. The molecule has 2 heteroatoms. The summed E-state index contributed by atoms with van der Waals surface area (Å²) in [5.41, 5.74) is 9.15. The minimum atomic E-state index is 0.167. The van der Waals surface area contributed by atoms with Crippen molar-refractivity contribution in [2.24, 2.45) is 11.7 Å². The van der Waals surface area contributed by atoms with Gasteiger partial charge < -0.3 is 5.73 Å². The molecule has 3 atom stereocenters. The minimum Gasteiger partial charge on any atom is -0.323 e. The summed E-state index contributed by atoms with van der Waals surface area (Å²) in [6.07, 6.45) is 8.18. The van der Waals surface area contributed by atoms with Gasteiger partial charge in [0.05, 0.1) is 0 Å². The van der Waals surface area contributed by atoms with Gasteiger partial charge in [0, 0.05) is 18.6 Å². The largest absolute Gasteiger partial charge is 0.323 e. The molecule has 1 heterocycles. The Morgan fingerprint density at radius 3 is 2.65 bits per heavy atom. The number of rotatable bonds is 4. The fourth-order valence-electron chi connectivity index (χ4n) is 4.14. The Hall–Kier alpha value is -0.860. The summed E-state index contributed by atoms with van der Waals surface area (Å²) in [5, 5.41) is 0. The van der Waals surface area contributed by atoms with E-state index in [-0.39, 0.29) is 6.04 Å². The van der Waals surface area contributed by atoms with Crippen LogP contribution in [0.4, 0.5) is 0 Å². The number of piperidine rings is 1. The molecule has 20 heavy (non-hydrogen) atoms. The predicted molar refractivity (Wildman–Crippen MR) is 84.7 cm³/mol. The van der Waals surface area contributed by atoms with Crippen LogP contribution in [0, 0.1) is 5.92 Å². The summed E-state index contributed by atoms with van der Waals surface area (Å²) < 4.78 is 0. The van der Waals surface area contributed by atoms with Crippen LogP contribution in [0.5, 0.6) is 0 Å². The van der Waals surface area contributed by atoms with Crippen LogP contribution in [0.2, 0.25) is 0 Å². The lowest BCUT2D eigenvalue weighted by atomic mass is 9.91. The summed E-state index contributed by atoms with van der Waals surface area (Å²) in [5.74, 6) is 0.957. The Bertz CT molecular complexity index is 426. The summed E-state index contributed by atoms with van der Waals surface area (Å²) in [6, 6.07) is 9.89. The molecule has 0 amide bonds. The van der Waals surface area contributed by atoms with Gasteiger partial charge in [-0.1, -0.05) is 37.6 Å². The molecule has 2 fully saturated rings. The molecule has 1 aromatic rings. The molecule has 2 aliphatic rings. The molecule has 0 radical (unpaired) electrons. The second-order valence-corrected chi connectivity index (χ2v) is 6.60. The van der Waals surface area contributed by atoms with E-state index in [0.29, 0.717) is 0 Å². The van der Waals surface area contributed by atoms with Crippen LogP contribution in [0.1, 0.15) is 56.2 Å². The summed E-state index contributed by atoms with van der Waals surface area (Å²) in [6.45, 7) is 4.48. The first-order chi connectivity index (χ1) is 9.78. The fourth-order valence-corrected chi connectivity index (χ4v) is 4.14. The number of benzene rings is 1. The lowest BCUT2D eigenvalue weighted by Crippen LogP contribution is -2.45. The quantitative estimate of drug-likeness (QED) is 0.909. The van der Waals surface area contributed by atoms with E-state index in [1.807, 2.05) is 0 Å². The number of likely N-dealkylation sites (tertiary alicyclic amines) is 1. The zero-order valence-corrected chi connectivity index (χ0v) is 12.7. The number of nitrogens with two attached hydrogens (primary N) is 1. The van der Waals surface area contributed by atoms with Gasteiger partial charge in [-0.15, -0.1) is 0 Å². The monoisotopic (exact) mass is 272 g/mol. The second kappa shape index (κ2) is 6.28. The minimum absolute atomic E-state index is 0.167. The third kappa shape index (κ3) is 2.91. The van der Waals surface area contributed by atoms with E-state index in [2.05, 4.69) is 36.1 Å². The first-order valence-corrected chi connectivity index (χ1v) is 8.36. The van der Waals surface area contributed by atoms with Crippen molar-refractivity contribution < 1.29 is 0 Å². The van der Waals surface area contributed by atoms with Crippen LogP contribution in [0.3, 0.4) is 0 Å². The van der Waals surface area contributed by atoms with Gasteiger partial charge >= 0.3 is 0 Å². The highest BCUT2D eigenvalue weighted by atomic mass is 15.2. The fraction of sp³-hybridized carbons (Fsp3) is 0.667. The SMILES string of the molecule is CCc1ccc(C(N)CN2CCCC3CCCC32)cc1. The first-order valence-electron chi connectivity index (χ1n) is 8.36. The van der Waals surface area contributed by atoms with Crippen LogP contribution in [0.25, 0.3) is 0 Å². The Morgan fingerprint density at radius 1 is 1.15 bits per heavy atom. The van der Waals surface area contributed by atoms with Crippen molar-refractivity contribution in [3.63, 3.8) is 0 Å². The smallest absolute Gasteiger partial charge is 0.0424 e. The van der Waals surface area contributed by atoms with E-state index in [1.54, 1.807) is 0 Å². The van der Waals surface area contributed by atoms with Crippen LogP contribution in [-0.2, 0) is 6.42 Å². The highest BCUT2D eigenvalue weighted by molar-refractivity contribution is 5.25. The van der Waals surface area contributed by atoms with E-state index < -0.39 is 0 Å². The van der Waals surface area contributed by atoms with Gasteiger partial charge in [-0.05, 0) is 55.7 Å². The molecule has 1 saturated heterocycles. The predicted octanol–water partition coefficient (Wildman–Crippen LogP) is 3.51. The maximum Gasteiger partial charge on any atom is 0.0424 e. The van der Waals surface area contributed by atoms with Crippen molar-refractivity contribution in [3.8, 4) is 0 Å². The number of aryl methyl sites for hydroxylation is 1. The van der Waals surface area contributed by atoms with Crippen molar-refractivity contribution in [1.82, 2.24) is 4.90 Å². The molecule has 1 aromatic carbocycles. The summed E-state index contributed by atoms with van der Waals surface area (Å²) in [7, 11) is 0. The molecule has 2 nitrogen and oxygen atoms in total.